The molecule has 0 aromatic carbocycles. The lowest BCUT2D eigenvalue weighted by atomic mass is 10.0. The summed E-state index contributed by atoms with van der Waals surface area (Å²) in [7, 11) is 4.12. The molecular formula is C15H25N5. The van der Waals surface area contributed by atoms with Gasteiger partial charge in [0.2, 0.25) is 0 Å². The zero-order valence-corrected chi connectivity index (χ0v) is 12.5. The molecule has 1 aromatic rings. The summed E-state index contributed by atoms with van der Waals surface area (Å²) in [4.78, 5) is 14.1. The van der Waals surface area contributed by atoms with Crippen LogP contribution in [0.25, 0.3) is 0 Å². The highest BCUT2D eigenvalue weighted by atomic mass is 15.2. The Hall–Kier alpha value is -1.20. The van der Waals surface area contributed by atoms with Crippen molar-refractivity contribution in [2.24, 2.45) is 0 Å². The maximum absolute atomic E-state index is 4.71. The summed E-state index contributed by atoms with van der Waals surface area (Å²) in [6.45, 7) is 3.65. The van der Waals surface area contributed by atoms with Crippen molar-refractivity contribution in [3.63, 3.8) is 0 Å². The van der Waals surface area contributed by atoms with Crippen LogP contribution in [0.2, 0.25) is 0 Å². The van der Waals surface area contributed by atoms with Crippen LogP contribution in [0.5, 0.6) is 0 Å². The second kappa shape index (κ2) is 6.06. The Morgan fingerprint density at radius 2 is 1.95 bits per heavy atom. The van der Waals surface area contributed by atoms with Crippen molar-refractivity contribution in [2.75, 3.05) is 39.0 Å². The van der Waals surface area contributed by atoms with E-state index in [1.807, 2.05) is 13.2 Å². The Bertz CT molecular complexity index is 442. The molecule has 0 amide bonds. The average molecular weight is 275 g/mol. The van der Waals surface area contributed by atoms with Crippen molar-refractivity contribution in [1.82, 2.24) is 19.8 Å². The van der Waals surface area contributed by atoms with Crippen LogP contribution >= 0.6 is 0 Å². The van der Waals surface area contributed by atoms with Gasteiger partial charge in [0, 0.05) is 13.1 Å². The highest BCUT2D eigenvalue weighted by Gasteiger charge is 2.34. The predicted molar refractivity (Wildman–Crippen MR) is 80.8 cm³/mol. The maximum Gasteiger partial charge on any atom is 0.144 e. The van der Waals surface area contributed by atoms with Crippen molar-refractivity contribution < 1.29 is 0 Å². The third-order valence-corrected chi connectivity index (χ3v) is 4.70. The summed E-state index contributed by atoms with van der Waals surface area (Å²) < 4.78 is 0. The van der Waals surface area contributed by atoms with Gasteiger partial charge in [-0.2, -0.15) is 0 Å². The number of rotatable bonds is 3. The number of aromatic nitrogens is 2. The molecule has 2 aliphatic heterocycles. The molecule has 0 bridgehead atoms. The maximum atomic E-state index is 4.71. The first-order valence-corrected chi connectivity index (χ1v) is 7.72. The number of hydrogen-bond acceptors (Lipinski definition) is 5. The molecule has 2 fully saturated rings. The van der Waals surface area contributed by atoms with Gasteiger partial charge in [-0.05, 0) is 52.4 Å². The molecule has 2 saturated heterocycles. The second-order valence-electron chi connectivity index (χ2n) is 6.01. The van der Waals surface area contributed by atoms with E-state index in [-0.39, 0.29) is 0 Å². The predicted octanol–water partition coefficient (Wildman–Crippen LogP) is 1.75. The highest BCUT2D eigenvalue weighted by molar-refractivity contribution is 5.31. The normalized spacial score (nSPS) is 26.0. The van der Waals surface area contributed by atoms with E-state index >= 15 is 0 Å². The van der Waals surface area contributed by atoms with Gasteiger partial charge in [-0.3, -0.25) is 9.88 Å². The first-order chi connectivity index (χ1) is 9.78. The molecule has 20 heavy (non-hydrogen) atoms. The van der Waals surface area contributed by atoms with Crippen LogP contribution in [0, 0.1) is 0 Å². The Kier molecular flexibility index (Phi) is 4.17. The fourth-order valence-electron chi connectivity index (χ4n) is 3.53. The third kappa shape index (κ3) is 2.79. The molecular weight excluding hydrogens is 250 g/mol. The van der Waals surface area contributed by atoms with Gasteiger partial charge in [-0.25, -0.2) is 4.98 Å². The van der Waals surface area contributed by atoms with E-state index in [0.29, 0.717) is 6.04 Å². The van der Waals surface area contributed by atoms with Crippen molar-refractivity contribution >= 4 is 5.82 Å². The summed E-state index contributed by atoms with van der Waals surface area (Å²) >= 11 is 0. The van der Waals surface area contributed by atoms with Gasteiger partial charge in [-0.15, -0.1) is 0 Å². The fourth-order valence-corrected chi connectivity index (χ4v) is 3.53. The van der Waals surface area contributed by atoms with Gasteiger partial charge in [0.15, 0.2) is 0 Å². The van der Waals surface area contributed by atoms with Crippen LogP contribution in [0.3, 0.4) is 0 Å². The second-order valence-corrected chi connectivity index (χ2v) is 6.01. The quantitative estimate of drug-likeness (QED) is 0.910. The zero-order chi connectivity index (χ0) is 13.9. The standard InChI is InChI=1S/C15H25N5/c1-16-15-11-17-10-13(18-15)14-4-3-7-20(14)12-5-8-19(2)9-6-12/h10-12,14H,3-9H2,1-2H3,(H,16,18)/t14-/m1/s1. The molecule has 3 rings (SSSR count). The Morgan fingerprint density at radius 3 is 2.70 bits per heavy atom. The number of piperidine rings is 1. The summed E-state index contributed by atoms with van der Waals surface area (Å²) in [5.41, 5.74) is 1.13. The highest BCUT2D eigenvalue weighted by Crippen LogP contribution is 2.35. The van der Waals surface area contributed by atoms with Crippen LogP contribution < -0.4 is 5.32 Å². The van der Waals surface area contributed by atoms with Crippen LogP contribution in [0.4, 0.5) is 5.82 Å². The largest absolute Gasteiger partial charge is 0.372 e. The van der Waals surface area contributed by atoms with Crippen LogP contribution in [0.1, 0.15) is 37.4 Å². The van der Waals surface area contributed by atoms with E-state index in [1.165, 1.54) is 45.3 Å². The SMILES string of the molecule is CNc1cncc([C@H]2CCCN2C2CCN(C)CC2)n1. The molecule has 0 aliphatic carbocycles. The average Bonchev–Trinajstić information content (AvgIpc) is 2.97. The smallest absolute Gasteiger partial charge is 0.144 e. The lowest BCUT2D eigenvalue weighted by Gasteiger charge is -2.38. The number of anilines is 1. The van der Waals surface area contributed by atoms with E-state index < -0.39 is 0 Å². The van der Waals surface area contributed by atoms with Gasteiger partial charge >= 0.3 is 0 Å². The first kappa shape index (κ1) is 13.8. The topological polar surface area (TPSA) is 44.3 Å². The molecule has 2 aliphatic rings. The molecule has 0 spiro atoms. The third-order valence-electron chi connectivity index (χ3n) is 4.70. The van der Waals surface area contributed by atoms with Crippen molar-refractivity contribution in [2.45, 2.75) is 37.8 Å². The zero-order valence-electron chi connectivity index (χ0n) is 12.5. The molecule has 0 radical (unpaired) electrons. The minimum absolute atomic E-state index is 0.462. The number of nitrogens with one attached hydrogen (secondary N) is 1. The van der Waals surface area contributed by atoms with Crippen LogP contribution in [-0.4, -0.2) is 59.5 Å². The minimum Gasteiger partial charge on any atom is -0.372 e. The molecule has 1 N–H and O–H groups in total. The number of likely N-dealkylation sites (tertiary alicyclic amines) is 2. The van der Waals surface area contributed by atoms with Gasteiger partial charge < -0.3 is 10.2 Å². The monoisotopic (exact) mass is 275 g/mol. The lowest BCUT2D eigenvalue weighted by molar-refractivity contribution is 0.108. The first-order valence-electron chi connectivity index (χ1n) is 7.72. The minimum atomic E-state index is 0.462. The lowest BCUT2D eigenvalue weighted by Crippen LogP contribution is -2.43. The van der Waals surface area contributed by atoms with Gasteiger partial charge in [0.05, 0.1) is 24.1 Å². The van der Waals surface area contributed by atoms with E-state index in [9.17, 15) is 0 Å². The van der Waals surface area contributed by atoms with Crippen molar-refractivity contribution in [1.29, 1.82) is 0 Å². The van der Waals surface area contributed by atoms with Gasteiger partial charge in [0.1, 0.15) is 5.82 Å². The molecule has 5 nitrogen and oxygen atoms in total. The van der Waals surface area contributed by atoms with Crippen molar-refractivity contribution in [3.8, 4) is 0 Å². The molecule has 5 heteroatoms. The molecule has 1 aromatic heterocycles. The van der Waals surface area contributed by atoms with Crippen molar-refractivity contribution in [3.05, 3.63) is 18.1 Å². The summed E-state index contributed by atoms with van der Waals surface area (Å²) in [6.07, 6.45) is 8.80. The van der Waals surface area contributed by atoms with E-state index in [4.69, 9.17) is 4.98 Å². The fraction of sp³-hybridized carbons (Fsp3) is 0.733. The molecule has 110 valence electrons. The van der Waals surface area contributed by atoms with E-state index in [2.05, 4.69) is 27.1 Å². The number of nitrogens with zero attached hydrogens (tertiary/aromatic N) is 4. The molecule has 1 atom stereocenters. The summed E-state index contributed by atoms with van der Waals surface area (Å²) in [5.74, 6) is 0.873. The molecule has 3 heterocycles. The Morgan fingerprint density at radius 1 is 1.15 bits per heavy atom. The Balaban J connectivity index is 1.74. The van der Waals surface area contributed by atoms with Crippen LogP contribution in [-0.2, 0) is 0 Å². The molecule has 0 unspecified atom stereocenters. The number of hydrogen-bond donors (Lipinski definition) is 1. The Labute approximate surface area is 121 Å². The molecule has 0 saturated carbocycles. The van der Waals surface area contributed by atoms with Gasteiger partial charge in [0.25, 0.3) is 0 Å². The van der Waals surface area contributed by atoms with E-state index in [1.54, 1.807) is 6.20 Å². The van der Waals surface area contributed by atoms with Crippen LogP contribution in [0.15, 0.2) is 12.4 Å². The summed E-state index contributed by atoms with van der Waals surface area (Å²) in [6, 6.07) is 1.18. The van der Waals surface area contributed by atoms with Gasteiger partial charge in [-0.1, -0.05) is 0 Å². The van der Waals surface area contributed by atoms with E-state index in [0.717, 1.165) is 17.6 Å². The summed E-state index contributed by atoms with van der Waals surface area (Å²) in [5, 5.41) is 3.09.